The summed E-state index contributed by atoms with van der Waals surface area (Å²) in [5, 5.41) is 0. The van der Waals surface area contributed by atoms with E-state index in [9.17, 15) is 9.59 Å². The Kier molecular flexibility index (Phi) is 3.77. The third-order valence-electron chi connectivity index (χ3n) is 4.10. The molecule has 1 aromatic rings. The van der Waals surface area contributed by atoms with Crippen LogP contribution in [0, 0.1) is 5.92 Å². The zero-order valence-electron chi connectivity index (χ0n) is 12.0. The van der Waals surface area contributed by atoms with E-state index < -0.39 is 5.91 Å². The molecule has 6 heteroatoms. The number of anilines is 1. The van der Waals surface area contributed by atoms with Crippen LogP contribution in [0.3, 0.4) is 0 Å². The Morgan fingerprint density at radius 1 is 1.19 bits per heavy atom. The van der Waals surface area contributed by atoms with Crippen LogP contribution in [0.1, 0.15) is 29.8 Å². The van der Waals surface area contributed by atoms with Crippen LogP contribution in [0.2, 0.25) is 0 Å². The van der Waals surface area contributed by atoms with Gasteiger partial charge in [0, 0.05) is 44.0 Å². The number of aromatic nitrogens is 1. The Morgan fingerprint density at radius 3 is 2.71 bits per heavy atom. The zero-order chi connectivity index (χ0) is 14.8. The Balaban J connectivity index is 1.68. The van der Waals surface area contributed by atoms with Gasteiger partial charge in [-0.05, 0) is 31.4 Å². The van der Waals surface area contributed by atoms with Crippen LogP contribution in [0.15, 0.2) is 18.3 Å². The molecule has 2 heterocycles. The van der Waals surface area contributed by atoms with E-state index in [1.807, 2.05) is 11.0 Å². The van der Waals surface area contributed by atoms with E-state index >= 15 is 0 Å². The molecule has 6 nitrogen and oxygen atoms in total. The summed E-state index contributed by atoms with van der Waals surface area (Å²) in [6.07, 6.45) is 4.64. The second-order valence-electron chi connectivity index (χ2n) is 5.70. The second kappa shape index (κ2) is 5.71. The van der Waals surface area contributed by atoms with Gasteiger partial charge in [0.25, 0.3) is 5.91 Å². The standard InChI is InChI=1S/C15H20N4O2/c16-14(20)13-10-12(4-5-17-13)18-6-1-7-19(9-8-18)15(21)11-2-3-11/h4-5,10-11H,1-3,6-9H2,(H2,16,20). The number of hydrogen-bond acceptors (Lipinski definition) is 4. The van der Waals surface area contributed by atoms with Crippen LogP contribution in [-0.2, 0) is 4.79 Å². The van der Waals surface area contributed by atoms with Gasteiger partial charge in [0.2, 0.25) is 5.91 Å². The molecule has 1 saturated carbocycles. The Labute approximate surface area is 123 Å². The average molecular weight is 288 g/mol. The molecular formula is C15H20N4O2. The number of nitrogens with two attached hydrogens (primary N) is 1. The predicted molar refractivity (Wildman–Crippen MR) is 78.9 cm³/mol. The van der Waals surface area contributed by atoms with Gasteiger partial charge in [-0.2, -0.15) is 0 Å². The highest BCUT2D eigenvalue weighted by molar-refractivity contribution is 5.91. The van der Waals surface area contributed by atoms with E-state index in [0.29, 0.717) is 5.91 Å². The first-order valence-electron chi connectivity index (χ1n) is 7.45. The molecule has 1 aliphatic carbocycles. The molecule has 0 bridgehead atoms. The number of amides is 2. The highest BCUT2D eigenvalue weighted by atomic mass is 16.2. The third-order valence-corrected chi connectivity index (χ3v) is 4.10. The summed E-state index contributed by atoms with van der Waals surface area (Å²) in [4.78, 5) is 31.5. The first kappa shape index (κ1) is 13.9. The quantitative estimate of drug-likeness (QED) is 0.884. The van der Waals surface area contributed by atoms with Crippen molar-refractivity contribution in [1.82, 2.24) is 9.88 Å². The van der Waals surface area contributed by atoms with Gasteiger partial charge in [0.1, 0.15) is 5.69 Å². The lowest BCUT2D eigenvalue weighted by Crippen LogP contribution is -2.36. The maximum Gasteiger partial charge on any atom is 0.267 e. The number of carbonyl (C=O) groups is 2. The van der Waals surface area contributed by atoms with Crippen LogP contribution in [0.4, 0.5) is 5.69 Å². The molecule has 0 unspecified atom stereocenters. The smallest absolute Gasteiger partial charge is 0.267 e. The van der Waals surface area contributed by atoms with E-state index in [2.05, 4.69) is 9.88 Å². The van der Waals surface area contributed by atoms with E-state index in [1.165, 1.54) is 0 Å². The topological polar surface area (TPSA) is 79.5 Å². The van der Waals surface area contributed by atoms with E-state index in [4.69, 9.17) is 5.73 Å². The second-order valence-corrected chi connectivity index (χ2v) is 5.70. The summed E-state index contributed by atoms with van der Waals surface area (Å²) in [6.45, 7) is 3.21. The highest BCUT2D eigenvalue weighted by Crippen LogP contribution is 2.31. The van der Waals surface area contributed by atoms with E-state index in [0.717, 1.165) is 51.1 Å². The Morgan fingerprint density at radius 2 is 2.00 bits per heavy atom. The minimum Gasteiger partial charge on any atom is -0.370 e. The minimum atomic E-state index is -0.516. The lowest BCUT2D eigenvalue weighted by Gasteiger charge is -2.24. The molecule has 0 aromatic carbocycles. The van der Waals surface area contributed by atoms with Crippen LogP contribution >= 0.6 is 0 Å². The number of carbonyl (C=O) groups excluding carboxylic acids is 2. The van der Waals surface area contributed by atoms with Gasteiger partial charge in [0.05, 0.1) is 0 Å². The van der Waals surface area contributed by atoms with Gasteiger partial charge < -0.3 is 15.5 Å². The number of rotatable bonds is 3. The SMILES string of the molecule is NC(=O)c1cc(N2CCCN(C(=O)C3CC3)CC2)ccn1. The predicted octanol–water partition coefficient (Wildman–Crippen LogP) is 0.629. The molecule has 1 saturated heterocycles. The van der Waals surface area contributed by atoms with Gasteiger partial charge >= 0.3 is 0 Å². The van der Waals surface area contributed by atoms with Crippen molar-refractivity contribution in [3.05, 3.63) is 24.0 Å². The van der Waals surface area contributed by atoms with Gasteiger partial charge in [-0.25, -0.2) is 0 Å². The molecule has 0 radical (unpaired) electrons. The van der Waals surface area contributed by atoms with Crippen LogP contribution in [0.5, 0.6) is 0 Å². The molecule has 0 atom stereocenters. The minimum absolute atomic E-state index is 0.277. The van der Waals surface area contributed by atoms with Crippen LogP contribution in [-0.4, -0.2) is 47.9 Å². The number of pyridine rings is 1. The fraction of sp³-hybridized carbons (Fsp3) is 0.533. The molecule has 3 rings (SSSR count). The highest BCUT2D eigenvalue weighted by Gasteiger charge is 2.33. The van der Waals surface area contributed by atoms with Gasteiger partial charge in [0.15, 0.2) is 0 Å². The molecule has 0 spiro atoms. The van der Waals surface area contributed by atoms with Crippen molar-refractivity contribution in [2.75, 3.05) is 31.1 Å². The lowest BCUT2D eigenvalue weighted by molar-refractivity contribution is -0.132. The number of nitrogens with zero attached hydrogens (tertiary/aromatic N) is 3. The zero-order valence-corrected chi connectivity index (χ0v) is 12.0. The van der Waals surface area contributed by atoms with Crippen LogP contribution in [0.25, 0.3) is 0 Å². The molecule has 1 aliphatic heterocycles. The molecule has 1 aromatic heterocycles. The monoisotopic (exact) mass is 288 g/mol. The summed E-state index contributed by atoms with van der Waals surface area (Å²) < 4.78 is 0. The van der Waals surface area contributed by atoms with Crippen molar-refractivity contribution >= 4 is 17.5 Å². The molecular weight excluding hydrogens is 268 g/mol. The Bertz CT molecular complexity index is 556. The third kappa shape index (κ3) is 3.15. The maximum atomic E-state index is 12.1. The number of primary amides is 1. The van der Waals surface area contributed by atoms with Crippen molar-refractivity contribution < 1.29 is 9.59 Å². The first-order chi connectivity index (χ1) is 10.1. The summed E-state index contributed by atoms with van der Waals surface area (Å²) in [5.41, 5.74) is 6.50. The maximum absolute atomic E-state index is 12.1. The van der Waals surface area contributed by atoms with Crippen molar-refractivity contribution in [3.63, 3.8) is 0 Å². The van der Waals surface area contributed by atoms with E-state index in [1.54, 1.807) is 12.3 Å². The fourth-order valence-corrected chi connectivity index (χ4v) is 2.74. The summed E-state index contributed by atoms with van der Waals surface area (Å²) >= 11 is 0. The molecule has 2 N–H and O–H groups in total. The Hall–Kier alpha value is -2.11. The average Bonchev–Trinajstić information content (AvgIpc) is 3.33. The summed E-state index contributed by atoms with van der Waals surface area (Å²) in [6, 6.07) is 3.60. The fourth-order valence-electron chi connectivity index (χ4n) is 2.74. The molecule has 21 heavy (non-hydrogen) atoms. The first-order valence-corrected chi connectivity index (χ1v) is 7.45. The molecule has 112 valence electrons. The largest absolute Gasteiger partial charge is 0.370 e. The number of hydrogen-bond donors (Lipinski definition) is 1. The lowest BCUT2D eigenvalue weighted by atomic mass is 10.2. The summed E-state index contributed by atoms with van der Waals surface area (Å²) in [5.74, 6) is 0.0700. The van der Waals surface area contributed by atoms with Crippen molar-refractivity contribution in [1.29, 1.82) is 0 Å². The molecule has 2 fully saturated rings. The van der Waals surface area contributed by atoms with Crippen molar-refractivity contribution in [2.24, 2.45) is 11.7 Å². The van der Waals surface area contributed by atoms with Gasteiger partial charge in [-0.15, -0.1) is 0 Å². The summed E-state index contributed by atoms with van der Waals surface area (Å²) in [7, 11) is 0. The van der Waals surface area contributed by atoms with Crippen molar-refractivity contribution in [3.8, 4) is 0 Å². The normalized spacial score (nSPS) is 19.2. The van der Waals surface area contributed by atoms with Gasteiger partial charge in [-0.3, -0.25) is 14.6 Å². The van der Waals surface area contributed by atoms with Crippen LogP contribution < -0.4 is 10.6 Å². The molecule has 2 amide bonds. The van der Waals surface area contributed by atoms with Crippen molar-refractivity contribution in [2.45, 2.75) is 19.3 Å². The van der Waals surface area contributed by atoms with Gasteiger partial charge in [-0.1, -0.05) is 0 Å². The van der Waals surface area contributed by atoms with E-state index in [-0.39, 0.29) is 11.6 Å². The molecule has 2 aliphatic rings.